The molecule has 0 atom stereocenters. The van der Waals surface area contributed by atoms with Crippen molar-refractivity contribution in [2.75, 3.05) is 0 Å². The van der Waals surface area contributed by atoms with Gasteiger partial charge in [0, 0.05) is 9.86 Å². The summed E-state index contributed by atoms with van der Waals surface area (Å²) in [6.45, 7) is 0. The Balaban J connectivity index is 2.29. The van der Waals surface area contributed by atoms with Gasteiger partial charge in [-0.3, -0.25) is 0 Å². The number of phenols is 1. The standard InChI is InChI=1S/C15H8Br2O3/c16-10-5-9-6-12(8-1-3-11(18)4-2-8)15(19)20-14(9)13(17)7-10/h1-7,18H. The maximum absolute atomic E-state index is 12.1. The van der Waals surface area contributed by atoms with Crippen LogP contribution in [0.5, 0.6) is 5.75 Å². The van der Waals surface area contributed by atoms with Crippen LogP contribution in [-0.4, -0.2) is 5.11 Å². The summed E-state index contributed by atoms with van der Waals surface area (Å²) in [7, 11) is 0. The first-order chi connectivity index (χ1) is 9.54. The van der Waals surface area contributed by atoms with Crippen molar-refractivity contribution in [2.24, 2.45) is 0 Å². The Hall–Kier alpha value is -1.59. The summed E-state index contributed by atoms with van der Waals surface area (Å²) < 4.78 is 6.99. The fourth-order valence-corrected chi connectivity index (χ4v) is 3.34. The van der Waals surface area contributed by atoms with E-state index >= 15 is 0 Å². The highest BCUT2D eigenvalue weighted by Gasteiger charge is 2.10. The molecule has 0 aliphatic carbocycles. The van der Waals surface area contributed by atoms with Gasteiger partial charge in [0.2, 0.25) is 0 Å². The lowest BCUT2D eigenvalue weighted by Gasteiger charge is -2.05. The highest BCUT2D eigenvalue weighted by atomic mass is 79.9. The third-order valence-corrected chi connectivity index (χ3v) is 3.98. The van der Waals surface area contributed by atoms with Gasteiger partial charge in [0.15, 0.2) is 5.58 Å². The Labute approximate surface area is 131 Å². The monoisotopic (exact) mass is 394 g/mol. The summed E-state index contributed by atoms with van der Waals surface area (Å²) in [5.74, 6) is 0.157. The molecule has 100 valence electrons. The molecule has 1 heterocycles. The molecule has 0 bridgehead atoms. The summed E-state index contributed by atoms with van der Waals surface area (Å²) >= 11 is 6.79. The lowest BCUT2D eigenvalue weighted by molar-refractivity contribution is 0.475. The first-order valence-corrected chi connectivity index (χ1v) is 7.35. The van der Waals surface area contributed by atoms with Gasteiger partial charge in [-0.25, -0.2) is 4.79 Å². The zero-order chi connectivity index (χ0) is 14.3. The molecule has 3 aromatic rings. The summed E-state index contributed by atoms with van der Waals surface area (Å²) in [5.41, 5.74) is 1.27. The van der Waals surface area contributed by atoms with E-state index in [0.29, 0.717) is 16.7 Å². The second-order valence-corrected chi connectivity index (χ2v) is 6.07. The van der Waals surface area contributed by atoms with Gasteiger partial charge in [-0.2, -0.15) is 0 Å². The van der Waals surface area contributed by atoms with Crippen LogP contribution in [0.2, 0.25) is 0 Å². The number of hydrogen-bond donors (Lipinski definition) is 1. The van der Waals surface area contributed by atoms with Gasteiger partial charge in [0.05, 0.1) is 10.0 Å². The fraction of sp³-hybridized carbons (Fsp3) is 0. The van der Waals surface area contributed by atoms with Crippen LogP contribution in [0.4, 0.5) is 0 Å². The Morgan fingerprint density at radius 1 is 1.00 bits per heavy atom. The van der Waals surface area contributed by atoms with Crippen molar-refractivity contribution in [2.45, 2.75) is 0 Å². The van der Waals surface area contributed by atoms with Crippen molar-refractivity contribution in [1.82, 2.24) is 0 Å². The van der Waals surface area contributed by atoms with Gasteiger partial charge in [-0.05, 0) is 51.8 Å². The smallest absolute Gasteiger partial charge is 0.344 e. The number of phenolic OH excluding ortho intramolecular Hbond substituents is 1. The molecule has 0 unspecified atom stereocenters. The first kappa shape index (κ1) is 13.4. The van der Waals surface area contributed by atoms with Crippen LogP contribution in [0, 0.1) is 0 Å². The van der Waals surface area contributed by atoms with E-state index in [1.807, 2.05) is 12.1 Å². The van der Waals surface area contributed by atoms with Crippen LogP contribution in [0.3, 0.4) is 0 Å². The molecule has 0 saturated carbocycles. The van der Waals surface area contributed by atoms with Gasteiger partial charge < -0.3 is 9.52 Å². The second-order valence-electron chi connectivity index (χ2n) is 4.30. The minimum Gasteiger partial charge on any atom is -0.508 e. The normalized spacial score (nSPS) is 10.9. The summed E-state index contributed by atoms with van der Waals surface area (Å²) in [6.07, 6.45) is 0. The largest absolute Gasteiger partial charge is 0.508 e. The highest BCUT2D eigenvalue weighted by molar-refractivity contribution is 9.11. The minimum absolute atomic E-state index is 0.157. The van der Waals surface area contributed by atoms with Crippen molar-refractivity contribution in [3.05, 3.63) is 61.8 Å². The average Bonchev–Trinajstić information content (AvgIpc) is 2.40. The zero-order valence-electron chi connectivity index (χ0n) is 10.1. The number of benzene rings is 2. The Morgan fingerprint density at radius 2 is 1.70 bits per heavy atom. The second kappa shape index (κ2) is 5.07. The van der Waals surface area contributed by atoms with E-state index in [-0.39, 0.29) is 5.75 Å². The average molecular weight is 396 g/mol. The van der Waals surface area contributed by atoms with Gasteiger partial charge >= 0.3 is 5.63 Å². The van der Waals surface area contributed by atoms with E-state index in [4.69, 9.17) is 4.42 Å². The Kier molecular flexibility index (Phi) is 3.40. The Morgan fingerprint density at radius 3 is 2.40 bits per heavy atom. The highest BCUT2D eigenvalue weighted by Crippen LogP contribution is 2.30. The fourth-order valence-electron chi connectivity index (χ4n) is 2.00. The van der Waals surface area contributed by atoms with Crippen molar-refractivity contribution in [1.29, 1.82) is 0 Å². The van der Waals surface area contributed by atoms with E-state index in [1.165, 1.54) is 12.1 Å². The maximum Gasteiger partial charge on any atom is 0.344 e. The first-order valence-electron chi connectivity index (χ1n) is 5.77. The molecule has 0 fully saturated rings. The van der Waals surface area contributed by atoms with Crippen molar-refractivity contribution in [3.63, 3.8) is 0 Å². The van der Waals surface area contributed by atoms with E-state index in [2.05, 4.69) is 31.9 Å². The predicted molar refractivity (Wildman–Crippen MR) is 85.0 cm³/mol. The molecule has 1 N–H and O–H groups in total. The molecular formula is C15H8Br2O3. The van der Waals surface area contributed by atoms with Crippen LogP contribution in [-0.2, 0) is 0 Å². The molecule has 0 radical (unpaired) electrons. The van der Waals surface area contributed by atoms with Gasteiger partial charge in [0.25, 0.3) is 0 Å². The molecule has 3 nitrogen and oxygen atoms in total. The molecule has 2 aromatic carbocycles. The Bertz CT molecular complexity index is 851. The van der Waals surface area contributed by atoms with Crippen LogP contribution >= 0.6 is 31.9 Å². The maximum atomic E-state index is 12.1. The molecule has 0 aliphatic rings. The SMILES string of the molecule is O=c1oc2c(Br)cc(Br)cc2cc1-c1ccc(O)cc1. The number of hydrogen-bond acceptors (Lipinski definition) is 3. The third kappa shape index (κ3) is 2.39. The summed E-state index contributed by atoms with van der Waals surface area (Å²) in [6, 6.07) is 11.9. The van der Waals surface area contributed by atoms with Gasteiger partial charge in [-0.1, -0.05) is 28.1 Å². The number of halogens is 2. The van der Waals surface area contributed by atoms with Crippen LogP contribution in [0.25, 0.3) is 22.1 Å². The molecule has 0 spiro atoms. The van der Waals surface area contributed by atoms with E-state index in [1.54, 1.807) is 18.2 Å². The van der Waals surface area contributed by atoms with Crippen LogP contribution < -0.4 is 5.63 Å². The van der Waals surface area contributed by atoms with Crippen molar-refractivity contribution < 1.29 is 9.52 Å². The molecule has 0 saturated heterocycles. The number of fused-ring (bicyclic) bond motifs is 1. The van der Waals surface area contributed by atoms with E-state index in [0.717, 1.165) is 14.3 Å². The minimum atomic E-state index is -0.411. The molecule has 0 amide bonds. The predicted octanol–water partition coefficient (Wildman–Crippen LogP) is 4.69. The quantitative estimate of drug-likeness (QED) is 0.608. The third-order valence-electron chi connectivity index (χ3n) is 2.93. The molecule has 3 rings (SSSR count). The van der Waals surface area contributed by atoms with Crippen molar-refractivity contribution >= 4 is 42.8 Å². The lowest BCUT2D eigenvalue weighted by Crippen LogP contribution is -2.02. The molecule has 0 aliphatic heterocycles. The van der Waals surface area contributed by atoms with Crippen molar-refractivity contribution in [3.8, 4) is 16.9 Å². The molecule has 20 heavy (non-hydrogen) atoms. The van der Waals surface area contributed by atoms with Gasteiger partial charge in [-0.15, -0.1) is 0 Å². The molecule has 1 aromatic heterocycles. The molecular weight excluding hydrogens is 388 g/mol. The van der Waals surface area contributed by atoms with Gasteiger partial charge in [0.1, 0.15) is 5.75 Å². The van der Waals surface area contributed by atoms with Crippen LogP contribution in [0.1, 0.15) is 0 Å². The topological polar surface area (TPSA) is 50.4 Å². The van der Waals surface area contributed by atoms with E-state index < -0.39 is 5.63 Å². The molecule has 5 heteroatoms. The van der Waals surface area contributed by atoms with Crippen LogP contribution in [0.15, 0.2) is 60.6 Å². The summed E-state index contributed by atoms with van der Waals surface area (Å²) in [4.78, 5) is 12.1. The lowest BCUT2D eigenvalue weighted by atomic mass is 10.1. The summed E-state index contributed by atoms with van der Waals surface area (Å²) in [5, 5.41) is 10.1. The zero-order valence-corrected chi connectivity index (χ0v) is 13.2. The number of rotatable bonds is 1. The number of aromatic hydroxyl groups is 1. The van der Waals surface area contributed by atoms with E-state index in [9.17, 15) is 9.90 Å².